The van der Waals surface area contributed by atoms with E-state index < -0.39 is 0 Å². The Hall–Kier alpha value is -1.28. The van der Waals surface area contributed by atoms with Gasteiger partial charge in [0.05, 0.1) is 6.21 Å². The van der Waals surface area contributed by atoms with E-state index in [0.29, 0.717) is 10.1 Å². The van der Waals surface area contributed by atoms with Crippen LogP contribution in [0.2, 0.25) is 0 Å². The Bertz CT molecular complexity index is 304. The fraction of sp³-hybridized carbons (Fsp3) is 0. The van der Waals surface area contributed by atoms with Gasteiger partial charge in [-0.1, -0.05) is 11.3 Å². The molecule has 64 valence electrons. The molecule has 6 nitrogen and oxygen atoms in total. The molecule has 1 heterocycles. The lowest BCUT2D eigenvalue weighted by Crippen LogP contribution is -2.23. The van der Waals surface area contributed by atoms with E-state index in [9.17, 15) is 0 Å². The Labute approximate surface area is 77.7 Å². The lowest BCUT2D eigenvalue weighted by atomic mass is 10.8. The van der Waals surface area contributed by atoms with E-state index in [2.05, 4.69) is 32.9 Å². The van der Waals surface area contributed by atoms with Crippen molar-refractivity contribution in [2.75, 3.05) is 5.73 Å². The van der Waals surface area contributed by atoms with Gasteiger partial charge in [-0.15, -0.1) is 10.2 Å². The van der Waals surface area contributed by atoms with Gasteiger partial charge in [-0.2, -0.15) is 5.10 Å². The van der Waals surface area contributed by atoms with Crippen molar-refractivity contribution >= 4 is 40.0 Å². The van der Waals surface area contributed by atoms with Crippen LogP contribution in [-0.4, -0.2) is 21.5 Å². The first kappa shape index (κ1) is 8.81. The van der Waals surface area contributed by atoms with E-state index in [1.807, 2.05) is 0 Å². The van der Waals surface area contributed by atoms with Gasteiger partial charge in [-0.25, -0.2) is 0 Å². The van der Waals surface area contributed by atoms with Gasteiger partial charge in [0.25, 0.3) is 0 Å². The molecule has 0 atom stereocenters. The quantitative estimate of drug-likeness (QED) is 0.332. The van der Waals surface area contributed by atoms with E-state index in [1.165, 1.54) is 17.6 Å². The highest BCUT2D eigenvalue weighted by Crippen LogP contribution is 2.07. The van der Waals surface area contributed by atoms with Crippen LogP contribution >= 0.6 is 23.6 Å². The molecule has 0 aliphatic carbocycles. The highest BCUT2D eigenvalue weighted by Gasteiger charge is 1.95. The number of nitrogens with zero attached hydrogens (tertiary/aromatic N) is 3. The number of nitrogen functional groups attached to an aromatic ring is 1. The SMILES string of the molecule is NC(=S)NN=Cc1nnc(N)s1. The van der Waals surface area contributed by atoms with E-state index in [1.54, 1.807) is 0 Å². The second-order valence-corrected chi connectivity index (χ2v) is 3.19. The van der Waals surface area contributed by atoms with Crippen LogP contribution in [-0.2, 0) is 0 Å². The maximum absolute atomic E-state index is 5.32. The lowest BCUT2D eigenvalue weighted by Gasteiger charge is -1.90. The Morgan fingerprint density at radius 1 is 1.67 bits per heavy atom. The van der Waals surface area contributed by atoms with Gasteiger partial charge in [0.2, 0.25) is 5.13 Å². The van der Waals surface area contributed by atoms with Crippen LogP contribution in [0.4, 0.5) is 5.13 Å². The number of hydrazone groups is 1. The minimum absolute atomic E-state index is 0.101. The molecule has 0 aliphatic rings. The van der Waals surface area contributed by atoms with Crippen molar-refractivity contribution in [3.63, 3.8) is 0 Å². The molecule has 0 saturated carbocycles. The summed E-state index contributed by atoms with van der Waals surface area (Å²) in [5.41, 5.74) is 12.8. The number of anilines is 1. The Morgan fingerprint density at radius 2 is 2.42 bits per heavy atom. The predicted molar refractivity (Wildman–Crippen MR) is 51.8 cm³/mol. The highest BCUT2D eigenvalue weighted by molar-refractivity contribution is 7.80. The fourth-order valence-electron chi connectivity index (χ4n) is 0.450. The van der Waals surface area contributed by atoms with Crippen LogP contribution in [0.1, 0.15) is 5.01 Å². The summed E-state index contributed by atoms with van der Waals surface area (Å²) >= 11 is 5.73. The zero-order chi connectivity index (χ0) is 8.97. The first-order valence-electron chi connectivity index (χ1n) is 2.86. The molecule has 12 heavy (non-hydrogen) atoms. The van der Waals surface area contributed by atoms with Gasteiger partial charge in [0.1, 0.15) is 0 Å². The number of thiocarbonyl (C=S) groups is 1. The van der Waals surface area contributed by atoms with Gasteiger partial charge >= 0.3 is 0 Å². The number of aromatic nitrogens is 2. The molecule has 8 heteroatoms. The first-order chi connectivity index (χ1) is 5.68. The highest BCUT2D eigenvalue weighted by atomic mass is 32.1. The Balaban J connectivity index is 2.52. The molecule has 1 rings (SSSR count). The zero-order valence-electron chi connectivity index (χ0n) is 5.89. The topological polar surface area (TPSA) is 102 Å². The molecule has 0 bridgehead atoms. The normalized spacial score (nSPS) is 10.3. The molecule has 0 amide bonds. The summed E-state index contributed by atoms with van der Waals surface area (Å²) in [7, 11) is 0. The van der Waals surface area contributed by atoms with Crippen LogP contribution < -0.4 is 16.9 Å². The summed E-state index contributed by atoms with van der Waals surface area (Å²) in [6.45, 7) is 0. The third kappa shape index (κ3) is 2.76. The number of hydrogen-bond acceptors (Lipinski definition) is 6. The average Bonchev–Trinajstić information content (AvgIpc) is 2.35. The Morgan fingerprint density at radius 3 is 2.92 bits per heavy atom. The van der Waals surface area contributed by atoms with Crippen molar-refractivity contribution < 1.29 is 0 Å². The minimum atomic E-state index is 0.101. The van der Waals surface area contributed by atoms with E-state index in [0.717, 1.165) is 0 Å². The molecule has 0 radical (unpaired) electrons. The first-order valence-corrected chi connectivity index (χ1v) is 4.08. The smallest absolute Gasteiger partial charge is 0.203 e. The van der Waals surface area contributed by atoms with Crippen molar-refractivity contribution in [3.05, 3.63) is 5.01 Å². The van der Waals surface area contributed by atoms with Crippen LogP contribution in [0, 0.1) is 0 Å². The second-order valence-electron chi connectivity index (χ2n) is 1.71. The molecular formula is C4H6N6S2. The number of hydrogen-bond donors (Lipinski definition) is 3. The summed E-state index contributed by atoms with van der Waals surface area (Å²) in [4.78, 5) is 0. The van der Waals surface area contributed by atoms with Gasteiger partial charge < -0.3 is 11.5 Å². The van der Waals surface area contributed by atoms with Crippen LogP contribution in [0.25, 0.3) is 0 Å². The summed E-state index contributed by atoms with van der Waals surface area (Å²) < 4.78 is 0. The largest absolute Gasteiger partial charge is 0.375 e. The summed E-state index contributed by atoms with van der Waals surface area (Å²) in [6, 6.07) is 0. The van der Waals surface area contributed by atoms with Crippen LogP contribution in [0.5, 0.6) is 0 Å². The van der Waals surface area contributed by atoms with Crippen molar-refractivity contribution in [1.82, 2.24) is 15.6 Å². The van der Waals surface area contributed by atoms with E-state index >= 15 is 0 Å². The van der Waals surface area contributed by atoms with Crippen molar-refractivity contribution in [2.24, 2.45) is 10.8 Å². The fourth-order valence-corrected chi connectivity index (χ4v) is 0.985. The molecule has 0 spiro atoms. The summed E-state index contributed by atoms with van der Waals surface area (Å²) in [5.74, 6) is 0. The molecule has 1 aromatic heterocycles. The summed E-state index contributed by atoms with van der Waals surface area (Å²) in [5, 5.41) is 12.0. The molecule has 0 aromatic carbocycles. The monoisotopic (exact) mass is 202 g/mol. The molecule has 0 unspecified atom stereocenters. The lowest BCUT2D eigenvalue weighted by molar-refractivity contribution is 1.03. The van der Waals surface area contributed by atoms with Crippen molar-refractivity contribution in [2.45, 2.75) is 0 Å². The van der Waals surface area contributed by atoms with Gasteiger partial charge in [0.15, 0.2) is 10.1 Å². The summed E-state index contributed by atoms with van der Waals surface area (Å²) in [6.07, 6.45) is 1.44. The predicted octanol–water partition coefficient (Wildman–Crippen LogP) is -0.713. The van der Waals surface area contributed by atoms with Crippen LogP contribution in [0.3, 0.4) is 0 Å². The average molecular weight is 202 g/mol. The molecule has 5 N–H and O–H groups in total. The number of rotatable bonds is 2. The zero-order valence-corrected chi connectivity index (χ0v) is 7.52. The van der Waals surface area contributed by atoms with Crippen LogP contribution in [0.15, 0.2) is 5.10 Å². The van der Waals surface area contributed by atoms with E-state index in [-0.39, 0.29) is 5.11 Å². The molecule has 0 aliphatic heterocycles. The van der Waals surface area contributed by atoms with E-state index in [4.69, 9.17) is 11.5 Å². The third-order valence-electron chi connectivity index (χ3n) is 0.806. The number of nitrogens with one attached hydrogen (secondary N) is 1. The maximum Gasteiger partial charge on any atom is 0.203 e. The Kier molecular flexibility index (Phi) is 2.88. The van der Waals surface area contributed by atoms with Gasteiger partial charge in [-0.3, -0.25) is 5.43 Å². The van der Waals surface area contributed by atoms with Crippen molar-refractivity contribution in [3.8, 4) is 0 Å². The third-order valence-corrected chi connectivity index (χ3v) is 1.58. The van der Waals surface area contributed by atoms with Gasteiger partial charge in [-0.05, 0) is 12.2 Å². The minimum Gasteiger partial charge on any atom is -0.375 e. The van der Waals surface area contributed by atoms with Crippen molar-refractivity contribution in [1.29, 1.82) is 0 Å². The second kappa shape index (κ2) is 3.93. The molecule has 0 fully saturated rings. The van der Waals surface area contributed by atoms with Gasteiger partial charge in [0, 0.05) is 0 Å². The molecule has 1 aromatic rings. The molecule has 0 saturated heterocycles. The number of nitrogens with two attached hydrogens (primary N) is 2. The maximum atomic E-state index is 5.32. The molecular weight excluding hydrogens is 196 g/mol. The standard InChI is InChI=1S/C4H6N6S2/c5-3(11)9-7-1-2-8-10-4(6)12-2/h1H,(H2,6,10)(H3,5,9,11).